The minimum absolute atomic E-state index is 0.261. The molecule has 0 fully saturated rings. The van der Waals surface area contributed by atoms with Gasteiger partial charge in [0.15, 0.2) is 0 Å². The Hall–Kier alpha value is -1.04. The number of thioether (sulfide) groups is 1. The summed E-state index contributed by atoms with van der Waals surface area (Å²) in [4.78, 5) is 0. The molecule has 1 atom stereocenters. The maximum absolute atomic E-state index is 5.72. The van der Waals surface area contributed by atoms with Crippen LogP contribution in [0.4, 0.5) is 0 Å². The number of para-hydroxylation sites is 1. The highest BCUT2D eigenvalue weighted by molar-refractivity contribution is 7.99. The van der Waals surface area contributed by atoms with Crippen molar-refractivity contribution < 1.29 is 0 Å². The van der Waals surface area contributed by atoms with Gasteiger partial charge < -0.3 is 0 Å². The summed E-state index contributed by atoms with van der Waals surface area (Å²) in [7, 11) is 0. The number of hydrazine groups is 1. The number of benzene rings is 1. The molecule has 0 saturated heterocycles. The highest BCUT2D eigenvalue weighted by atomic mass is 32.2. The molecular weight excluding hydrogens is 280 g/mol. The van der Waals surface area contributed by atoms with Crippen LogP contribution in [0.15, 0.2) is 24.3 Å². The first-order valence-corrected chi connectivity index (χ1v) is 8.79. The van der Waals surface area contributed by atoms with E-state index in [2.05, 4.69) is 55.1 Å². The van der Waals surface area contributed by atoms with Gasteiger partial charge in [-0.3, -0.25) is 16.0 Å². The largest absolute Gasteiger partial charge is 0.271 e. The third-order valence-electron chi connectivity index (χ3n) is 3.48. The number of hydrogen-bond donors (Lipinski definition) is 2. The van der Waals surface area contributed by atoms with Crippen molar-refractivity contribution >= 4 is 22.7 Å². The lowest BCUT2D eigenvalue weighted by molar-refractivity contribution is 0.560. The van der Waals surface area contributed by atoms with Crippen molar-refractivity contribution in [2.45, 2.75) is 39.8 Å². The van der Waals surface area contributed by atoms with E-state index in [1.807, 2.05) is 11.8 Å². The molecule has 0 saturated carbocycles. The minimum atomic E-state index is 0.261. The number of nitrogens with one attached hydrogen (secondary N) is 1. The van der Waals surface area contributed by atoms with Crippen molar-refractivity contribution in [3.63, 3.8) is 0 Å². The van der Waals surface area contributed by atoms with Crippen LogP contribution in [0.1, 0.15) is 26.5 Å². The first-order valence-electron chi connectivity index (χ1n) is 7.64. The van der Waals surface area contributed by atoms with E-state index in [0.29, 0.717) is 5.92 Å². The van der Waals surface area contributed by atoms with Gasteiger partial charge in [0.25, 0.3) is 0 Å². The van der Waals surface area contributed by atoms with E-state index in [-0.39, 0.29) is 6.04 Å². The molecule has 21 heavy (non-hydrogen) atoms. The van der Waals surface area contributed by atoms with Gasteiger partial charge in [0.1, 0.15) is 0 Å². The third kappa shape index (κ3) is 4.22. The fourth-order valence-corrected chi connectivity index (χ4v) is 3.54. The predicted octanol–water partition coefficient (Wildman–Crippen LogP) is 2.82. The van der Waals surface area contributed by atoms with Crippen molar-refractivity contribution in [2.24, 2.45) is 11.8 Å². The third-order valence-corrected chi connectivity index (χ3v) is 5.02. The van der Waals surface area contributed by atoms with Crippen molar-refractivity contribution in [1.29, 1.82) is 0 Å². The first kappa shape index (κ1) is 16.3. The Morgan fingerprint density at radius 3 is 2.71 bits per heavy atom. The lowest BCUT2D eigenvalue weighted by Crippen LogP contribution is -2.39. The van der Waals surface area contributed by atoms with Crippen molar-refractivity contribution in [2.75, 3.05) is 11.5 Å². The Morgan fingerprint density at radius 1 is 1.29 bits per heavy atom. The highest BCUT2D eigenvalue weighted by Crippen LogP contribution is 2.20. The molecule has 116 valence electrons. The number of aryl methyl sites for hydroxylation is 1. The quantitative estimate of drug-likeness (QED) is 0.582. The molecule has 0 aliphatic heterocycles. The van der Waals surface area contributed by atoms with Gasteiger partial charge >= 0.3 is 0 Å². The standard InChI is InChI=1S/C16H26N4S/c1-4-20-16-8-6-5-7-14(16)15(19-20)9-13(18-17)11-21-10-12(2)3/h5-8,12-13,18H,4,9-11,17H2,1-3H3. The van der Waals surface area contributed by atoms with Gasteiger partial charge in [-0.25, -0.2) is 0 Å². The van der Waals surface area contributed by atoms with Crippen LogP contribution in [-0.4, -0.2) is 27.3 Å². The van der Waals surface area contributed by atoms with Gasteiger partial charge in [0.05, 0.1) is 11.2 Å². The van der Waals surface area contributed by atoms with Crippen molar-refractivity contribution in [1.82, 2.24) is 15.2 Å². The number of nitrogens with two attached hydrogens (primary N) is 1. The molecular formula is C16H26N4S. The van der Waals surface area contributed by atoms with Crippen LogP contribution >= 0.6 is 11.8 Å². The average molecular weight is 306 g/mol. The molecule has 5 heteroatoms. The van der Waals surface area contributed by atoms with Gasteiger partial charge in [0, 0.05) is 30.1 Å². The zero-order chi connectivity index (χ0) is 15.2. The van der Waals surface area contributed by atoms with E-state index in [1.165, 1.54) is 16.7 Å². The van der Waals surface area contributed by atoms with Crippen LogP contribution in [0, 0.1) is 5.92 Å². The molecule has 1 aromatic carbocycles. The molecule has 0 spiro atoms. The Kier molecular flexibility index (Phi) is 6.08. The minimum Gasteiger partial charge on any atom is -0.271 e. The second kappa shape index (κ2) is 7.82. The molecule has 4 nitrogen and oxygen atoms in total. The number of nitrogens with zero attached hydrogens (tertiary/aromatic N) is 2. The summed E-state index contributed by atoms with van der Waals surface area (Å²) in [5.41, 5.74) is 5.29. The Balaban J connectivity index is 2.10. The molecule has 1 aromatic heterocycles. The molecule has 0 bridgehead atoms. The molecule has 3 N–H and O–H groups in total. The number of aromatic nitrogens is 2. The van der Waals surface area contributed by atoms with Crippen LogP contribution < -0.4 is 11.3 Å². The summed E-state index contributed by atoms with van der Waals surface area (Å²) in [6, 6.07) is 8.69. The molecule has 2 rings (SSSR count). The monoisotopic (exact) mass is 306 g/mol. The first-order chi connectivity index (χ1) is 10.2. The van der Waals surface area contributed by atoms with Gasteiger partial charge in [-0.1, -0.05) is 32.0 Å². The zero-order valence-electron chi connectivity index (χ0n) is 13.2. The van der Waals surface area contributed by atoms with Gasteiger partial charge in [0.2, 0.25) is 0 Å². The van der Waals surface area contributed by atoms with Crippen molar-refractivity contribution in [3.8, 4) is 0 Å². The van der Waals surface area contributed by atoms with E-state index in [9.17, 15) is 0 Å². The van der Waals surface area contributed by atoms with E-state index in [0.717, 1.165) is 24.4 Å². The van der Waals surface area contributed by atoms with E-state index in [4.69, 9.17) is 10.9 Å². The summed E-state index contributed by atoms with van der Waals surface area (Å²) in [5, 5.41) is 5.99. The summed E-state index contributed by atoms with van der Waals surface area (Å²) in [6.45, 7) is 7.51. The summed E-state index contributed by atoms with van der Waals surface area (Å²) >= 11 is 1.95. The van der Waals surface area contributed by atoms with Crippen LogP contribution in [0.2, 0.25) is 0 Å². The maximum Gasteiger partial charge on any atom is 0.0719 e. The van der Waals surface area contributed by atoms with Crippen LogP contribution in [0.25, 0.3) is 10.9 Å². The van der Waals surface area contributed by atoms with Gasteiger partial charge in [-0.15, -0.1) is 0 Å². The normalized spacial score (nSPS) is 13.2. The van der Waals surface area contributed by atoms with Gasteiger partial charge in [-0.2, -0.15) is 16.9 Å². The molecule has 2 aromatic rings. The number of fused-ring (bicyclic) bond motifs is 1. The lowest BCUT2D eigenvalue weighted by Gasteiger charge is -2.15. The van der Waals surface area contributed by atoms with Gasteiger partial charge in [-0.05, 0) is 24.7 Å². The molecule has 1 unspecified atom stereocenters. The molecule has 0 amide bonds. The SMILES string of the molecule is CCn1nc(CC(CSCC(C)C)NN)c2ccccc21. The van der Waals surface area contributed by atoms with Crippen LogP contribution in [-0.2, 0) is 13.0 Å². The van der Waals surface area contributed by atoms with Crippen LogP contribution in [0.3, 0.4) is 0 Å². The number of rotatable bonds is 8. The second-order valence-corrected chi connectivity index (χ2v) is 6.85. The Bertz CT molecular complexity index is 564. The smallest absolute Gasteiger partial charge is 0.0719 e. The zero-order valence-corrected chi connectivity index (χ0v) is 14.0. The second-order valence-electron chi connectivity index (χ2n) is 5.78. The number of hydrogen-bond acceptors (Lipinski definition) is 4. The summed E-state index contributed by atoms with van der Waals surface area (Å²) < 4.78 is 2.07. The lowest BCUT2D eigenvalue weighted by atomic mass is 10.1. The summed E-state index contributed by atoms with van der Waals surface area (Å²) in [6.07, 6.45) is 0.870. The molecule has 1 heterocycles. The topological polar surface area (TPSA) is 55.9 Å². The molecule has 0 radical (unpaired) electrons. The Labute approximate surface area is 131 Å². The van der Waals surface area contributed by atoms with E-state index >= 15 is 0 Å². The highest BCUT2D eigenvalue weighted by Gasteiger charge is 2.15. The Morgan fingerprint density at radius 2 is 2.05 bits per heavy atom. The predicted molar refractivity (Wildman–Crippen MR) is 92.4 cm³/mol. The maximum atomic E-state index is 5.72. The molecule has 0 aliphatic rings. The molecule has 0 aliphatic carbocycles. The van der Waals surface area contributed by atoms with Crippen molar-refractivity contribution in [3.05, 3.63) is 30.0 Å². The average Bonchev–Trinajstić information content (AvgIpc) is 2.84. The van der Waals surface area contributed by atoms with E-state index in [1.54, 1.807) is 0 Å². The fourth-order valence-electron chi connectivity index (χ4n) is 2.43. The van der Waals surface area contributed by atoms with Crippen LogP contribution in [0.5, 0.6) is 0 Å². The fraction of sp³-hybridized carbons (Fsp3) is 0.562. The summed E-state index contributed by atoms with van der Waals surface area (Å²) in [5.74, 6) is 8.62. The van der Waals surface area contributed by atoms with E-state index < -0.39 is 0 Å².